The first-order valence-electron chi connectivity index (χ1n) is 10.9. The lowest BCUT2D eigenvalue weighted by Gasteiger charge is -2.05. The number of esters is 1. The Morgan fingerprint density at radius 1 is 0.897 bits per heavy atom. The summed E-state index contributed by atoms with van der Waals surface area (Å²) in [7, 11) is 0. The van der Waals surface area contributed by atoms with Crippen LogP contribution in [-0.4, -0.2) is 22.4 Å². The number of hydrogen-bond acceptors (Lipinski definition) is 5. The van der Waals surface area contributed by atoms with Crippen molar-refractivity contribution in [3.05, 3.63) is 42.6 Å². The van der Waals surface area contributed by atoms with Gasteiger partial charge in [-0.05, 0) is 18.6 Å². The van der Waals surface area contributed by atoms with Crippen LogP contribution in [0.25, 0.3) is 0 Å². The zero-order valence-corrected chi connectivity index (χ0v) is 17.6. The third kappa shape index (κ3) is 10.6. The summed E-state index contributed by atoms with van der Waals surface area (Å²) in [6.45, 7) is 2.83. The number of carbonyl (C=O) groups is 1. The van der Waals surface area contributed by atoms with Gasteiger partial charge in [-0.15, -0.1) is 10.2 Å². The summed E-state index contributed by atoms with van der Waals surface area (Å²) < 4.78 is 6.83. The van der Waals surface area contributed by atoms with Crippen molar-refractivity contribution < 1.29 is 9.53 Å². The molecule has 1 heterocycles. The molecular formula is C23H34N4O2. The molecule has 0 aliphatic carbocycles. The molecule has 158 valence electrons. The van der Waals surface area contributed by atoms with E-state index in [0.717, 1.165) is 18.5 Å². The summed E-state index contributed by atoms with van der Waals surface area (Å²) in [6, 6.07) is 11.2. The van der Waals surface area contributed by atoms with Gasteiger partial charge in [-0.3, -0.25) is 9.48 Å². The van der Waals surface area contributed by atoms with E-state index in [1.807, 2.05) is 30.3 Å². The number of azo groups is 1. The largest absolute Gasteiger partial charge is 0.464 e. The Morgan fingerprint density at radius 2 is 1.55 bits per heavy atom. The molecule has 0 saturated heterocycles. The van der Waals surface area contributed by atoms with E-state index in [4.69, 9.17) is 4.74 Å². The van der Waals surface area contributed by atoms with Crippen LogP contribution in [-0.2, 0) is 16.1 Å². The minimum atomic E-state index is -0.268. The Kier molecular flexibility index (Phi) is 11.4. The second-order valence-corrected chi connectivity index (χ2v) is 7.31. The van der Waals surface area contributed by atoms with Crippen LogP contribution in [0.5, 0.6) is 0 Å². The molecular weight excluding hydrogens is 364 g/mol. The molecule has 0 saturated carbocycles. The van der Waals surface area contributed by atoms with Crippen molar-refractivity contribution in [2.24, 2.45) is 10.2 Å². The van der Waals surface area contributed by atoms with Gasteiger partial charge in [-0.2, -0.15) is 5.10 Å². The van der Waals surface area contributed by atoms with E-state index in [2.05, 4.69) is 22.3 Å². The summed E-state index contributed by atoms with van der Waals surface area (Å²) in [5, 5.41) is 12.4. The number of nitrogens with zero attached hydrogens (tertiary/aromatic N) is 4. The average molecular weight is 399 g/mol. The minimum Gasteiger partial charge on any atom is -0.464 e. The molecule has 2 aromatic rings. The molecule has 1 aromatic heterocycles. The SMILES string of the molecule is CCCCCCCCCCCCOC(=O)Cn1ccc(N=Nc2ccccc2)n1. The maximum Gasteiger partial charge on any atom is 0.327 e. The zero-order chi connectivity index (χ0) is 20.6. The van der Waals surface area contributed by atoms with Gasteiger partial charge >= 0.3 is 5.97 Å². The number of rotatable bonds is 15. The number of benzene rings is 1. The fourth-order valence-electron chi connectivity index (χ4n) is 3.05. The highest BCUT2D eigenvalue weighted by Crippen LogP contribution is 2.15. The van der Waals surface area contributed by atoms with E-state index in [0.29, 0.717) is 12.4 Å². The van der Waals surface area contributed by atoms with E-state index in [-0.39, 0.29) is 12.5 Å². The van der Waals surface area contributed by atoms with E-state index < -0.39 is 0 Å². The smallest absolute Gasteiger partial charge is 0.327 e. The highest BCUT2D eigenvalue weighted by atomic mass is 16.5. The molecule has 0 unspecified atom stereocenters. The molecule has 2 rings (SSSR count). The number of aromatic nitrogens is 2. The van der Waals surface area contributed by atoms with Gasteiger partial charge in [0.1, 0.15) is 6.54 Å². The minimum absolute atomic E-state index is 0.0959. The van der Waals surface area contributed by atoms with Crippen LogP contribution in [0.2, 0.25) is 0 Å². The van der Waals surface area contributed by atoms with Gasteiger partial charge in [0.15, 0.2) is 5.82 Å². The van der Waals surface area contributed by atoms with Gasteiger partial charge in [0.2, 0.25) is 0 Å². The Bertz CT molecular complexity index is 713. The molecule has 0 spiro atoms. The predicted molar refractivity (Wildman–Crippen MR) is 116 cm³/mol. The van der Waals surface area contributed by atoms with Crippen LogP contribution < -0.4 is 0 Å². The van der Waals surface area contributed by atoms with Crippen molar-refractivity contribution in [1.82, 2.24) is 9.78 Å². The molecule has 6 nitrogen and oxygen atoms in total. The normalized spacial score (nSPS) is 11.2. The summed E-state index contributed by atoms with van der Waals surface area (Å²) in [4.78, 5) is 11.9. The maximum atomic E-state index is 11.9. The zero-order valence-electron chi connectivity index (χ0n) is 17.6. The lowest BCUT2D eigenvalue weighted by molar-refractivity contribution is -0.144. The van der Waals surface area contributed by atoms with Gasteiger partial charge in [0, 0.05) is 12.3 Å². The number of carbonyl (C=O) groups excluding carboxylic acids is 1. The van der Waals surface area contributed by atoms with E-state index in [1.54, 1.807) is 12.3 Å². The second-order valence-electron chi connectivity index (χ2n) is 7.31. The van der Waals surface area contributed by atoms with Crippen molar-refractivity contribution in [3.8, 4) is 0 Å². The first kappa shape index (κ1) is 22.8. The standard InChI is InChI=1S/C23H34N4O2/c1-2-3-4-5-6-7-8-9-10-14-19-29-23(28)20-27-18-17-22(26-27)25-24-21-15-12-11-13-16-21/h11-13,15-18H,2-10,14,19-20H2,1H3. The molecule has 0 fully saturated rings. The van der Waals surface area contributed by atoms with E-state index in [1.165, 1.54) is 56.0 Å². The summed E-state index contributed by atoms with van der Waals surface area (Å²) in [5.74, 6) is 0.201. The number of hydrogen-bond donors (Lipinski definition) is 0. The molecule has 0 N–H and O–H groups in total. The topological polar surface area (TPSA) is 68.8 Å². The van der Waals surface area contributed by atoms with Crippen molar-refractivity contribution in [1.29, 1.82) is 0 Å². The molecule has 0 atom stereocenters. The Hall–Kier alpha value is -2.50. The lowest BCUT2D eigenvalue weighted by Crippen LogP contribution is -2.14. The highest BCUT2D eigenvalue weighted by Gasteiger charge is 2.06. The summed E-state index contributed by atoms with van der Waals surface area (Å²) in [5.41, 5.74) is 0.762. The summed E-state index contributed by atoms with van der Waals surface area (Å²) >= 11 is 0. The fraction of sp³-hybridized carbons (Fsp3) is 0.565. The van der Waals surface area contributed by atoms with E-state index >= 15 is 0 Å². The first-order chi connectivity index (χ1) is 14.3. The maximum absolute atomic E-state index is 11.9. The molecule has 6 heteroatoms. The molecule has 0 radical (unpaired) electrons. The molecule has 0 amide bonds. The van der Waals surface area contributed by atoms with Crippen LogP contribution in [0.3, 0.4) is 0 Å². The first-order valence-corrected chi connectivity index (χ1v) is 10.9. The van der Waals surface area contributed by atoms with Crippen molar-refractivity contribution in [2.45, 2.75) is 77.7 Å². The van der Waals surface area contributed by atoms with Gasteiger partial charge < -0.3 is 4.74 Å². The summed E-state index contributed by atoms with van der Waals surface area (Å²) in [6.07, 6.45) is 14.4. The molecule has 1 aromatic carbocycles. The molecule has 0 aliphatic rings. The molecule has 29 heavy (non-hydrogen) atoms. The van der Waals surface area contributed by atoms with Gasteiger partial charge in [-0.25, -0.2) is 0 Å². The van der Waals surface area contributed by atoms with Crippen LogP contribution >= 0.6 is 0 Å². The Labute approximate surface area is 174 Å². The van der Waals surface area contributed by atoms with Crippen LogP contribution in [0.15, 0.2) is 52.8 Å². The monoisotopic (exact) mass is 398 g/mol. The molecule has 0 bridgehead atoms. The lowest BCUT2D eigenvalue weighted by atomic mass is 10.1. The van der Waals surface area contributed by atoms with Crippen molar-refractivity contribution >= 4 is 17.5 Å². The predicted octanol–water partition coefficient (Wildman–Crippen LogP) is 6.76. The van der Waals surface area contributed by atoms with E-state index in [9.17, 15) is 4.79 Å². The van der Waals surface area contributed by atoms with Crippen LogP contribution in [0.1, 0.15) is 71.1 Å². The second kappa shape index (κ2) is 14.5. The van der Waals surface area contributed by atoms with Crippen LogP contribution in [0.4, 0.5) is 11.5 Å². The molecule has 0 aliphatic heterocycles. The number of unbranched alkanes of at least 4 members (excludes halogenated alkanes) is 9. The highest BCUT2D eigenvalue weighted by molar-refractivity contribution is 5.69. The third-order valence-electron chi connectivity index (χ3n) is 4.70. The number of ether oxygens (including phenoxy) is 1. The Morgan fingerprint density at radius 3 is 2.24 bits per heavy atom. The van der Waals surface area contributed by atoms with Gasteiger partial charge in [-0.1, -0.05) is 82.9 Å². The van der Waals surface area contributed by atoms with Gasteiger partial charge in [0.05, 0.1) is 12.3 Å². The van der Waals surface area contributed by atoms with Gasteiger partial charge in [0.25, 0.3) is 0 Å². The van der Waals surface area contributed by atoms with Crippen molar-refractivity contribution in [3.63, 3.8) is 0 Å². The Balaban J connectivity index is 1.51. The fourth-order valence-corrected chi connectivity index (χ4v) is 3.05. The quantitative estimate of drug-likeness (QED) is 0.189. The van der Waals surface area contributed by atoms with Crippen LogP contribution in [0, 0.1) is 0 Å². The average Bonchev–Trinajstić information content (AvgIpc) is 3.18. The third-order valence-corrected chi connectivity index (χ3v) is 4.70. The van der Waals surface area contributed by atoms with Crippen molar-refractivity contribution in [2.75, 3.05) is 6.61 Å².